The molecule has 0 unspecified atom stereocenters. The standard InChI is InChI=1S/C12H19N3O4S2/c1-20(16,17)12-3-2-11(9-14-12)21(18,19)15-6-4-10(8-13)5-7-15/h2-3,9-10H,4-8,13H2,1H3. The van der Waals surface area contributed by atoms with Crippen LogP contribution in [0.15, 0.2) is 28.3 Å². The third kappa shape index (κ3) is 3.60. The topological polar surface area (TPSA) is 110 Å². The van der Waals surface area contributed by atoms with Gasteiger partial charge in [-0.3, -0.25) is 0 Å². The summed E-state index contributed by atoms with van der Waals surface area (Å²) in [6.45, 7) is 1.43. The lowest BCUT2D eigenvalue weighted by Gasteiger charge is -2.30. The van der Waals surface area contributed by atoms with Gasteiger partial charge in [-0.25, -0.2) is 21.8 Å². The first-order valence-electron chi connectivity index (χ1n) is 6.61. The van der Waals surface area contributed by atoms with E-state index in [1.54, 1.807) is 0 Å². The van der Waals surface area contributed by atoms with E-state index >= 15 is 0 Å². The van der Waals surface area contributed by atoms with Crippen LogP contribution in [0.25, 0.3) is 0 Å². The molecule has 2 heterocycles. The predicted molar refractivity (Wildman–Crippen MR) is 77.9 cm³/mol. The maximum absolute atomic E-state index is 12.4. The summed E-state index contributed by atoms with van der Waals surface area (Å²) in [7, 11) is -7.05. The zero-order valence-corrected chi connectivity index (χ0v) is 13.4. The van der Waals surface area contributed by atoms with Gasteiger partial charge in [-0.05, 0) is 37.4 Å². The summed E-state index contributed by atoms with van der Waals surface area (Å²) in [6, 6.07) is 2.50. The largest absolute Gasteiger partial charge is 0.330 e. The summed E-state index contributed by atoms with van der Waals surface area (Å²) < 4.78 is 49.0. The predicted octanol–water partition coefficient (Wildman–Crippen LogP) is -0.155. The van der Waals surface area contributed by atoms with Crippen molar-refractivity contribution in [1.29, 1.82) is 0 Å². The number of piperidine rings is 1. The molecule has 0 aromatic carbocycles. The van der Waals surface area contributed by atoms with Crippen LogP contribution in [0.3, 0.4) is 0 Å². The van der Waals surface area contributed by atoms with Gasteiger partial charge in [0.15, 0.2) is 14.9 Å². The minimum atomic E-state index is -3.62. The SMILES string of the molecule is CS(=O)(=O)c1ccc(S(=O)(=O)N2CCC(CN)CC2)cn1. The summed E-state index contributed by atoms with van der Waals surface area (Å²) in [5, 5.41) is -0.136. The maximum atomic E-state index is 12.4. The van der Waals surface area contributed by atoms with Crippen LogP contribution < -0.4 is 5.73 Å². The quantitative estimate of drug-likeness (QED) is 0.820. The highest BCUT2D eigenvalue weighted by Gasteiger charge is 2.29. The van der Waals surface area contributed by atoms with Crippen molar-refractivity contribution >= 4 is 19.9 Å². The van der Waals surface area contributed by atoms with Crippen LogP contribution in [-0.2, 0) is 19.9 Å². The van der Waals surface area contributed by atoms with Crippen molar-refractivity contribution in [2.24, 2.45) is 11.7 Å². The summed E-state index contributed by atoms with van der Waals surface area (Å²) in [5.74, 6) is 0.363. The molecular formula is C12H19N3O4S2. The zero-order valence-electron chi connectivity index (χ0n) is 11.8. The van der Waals surface area contributed by atoms with Crippen LogP contribution in [0.4, 0.5) is 0 Å². The Bertz CT molecular complexity index is 691. The van der Waals surface area contributed by atoms with E-state index in [0.29, 0.717) is 25.6 Å². The second kappa shape index (κ2) is 5.99. The molecule has 0 atom stereocenters. The minimum Gasteiger partial charge on any atom is -0.330 e. The molecule has 1 aliphatic rings. The Morgan fingerprint density at radius 1 is 1.24 bits per heavy atom. The van der Waals surface area contributed by atoms with Crippen molar-refractivity contribution in [3.63, 3.8) is 0 Å². The van der Waals surface area contributed by atoms with Crippen molar-refractivity contribution in [2.75, 3.05) is 25.9 Å². The molecule has 0 spiro atoms. The Kier molecular flexibility index (Phi) is 4.66. The van der Waals surface area contributed by atoms with Crippen LogP contribution >= 0.6 is 0 Å². The van der Waals surface area contributed by atoms with E-state index in [9.17, 15) is 16.8 Å². The molecule has 1 saturated heterocycles. The molecule has 2 rings (SSSR count). The van der Waals surface area contributed by atoms with Gasteiger partial charge in [0.2, 0.25) is 10.0 Å². The Morgan fingerprint density at radius 3 is 2.29 bits per heavy atom. The third-order valence-electron chi connectivity index (χ3n) is 3.63. The van der Waals surface area contributed by atoms with Crippen molar-refractivity contribution in [2.45, 2.75) is 22.8 Å². The number of nitrogens with zero attached hydrogens (tertiary/aromatic N) is 2. The summed E-state index contributed by atoms with van der Waals surface area (Å²) in [4.78, 5) is 3.74. The van der Waals surface area contributed by atoms with Gasteiger partial charge in [0.1, 0.15) is 4.90 Å². The lowest BCUT2D eigenvalue weighted by molar-refractivity contribution is 0.278. The smallest absolute Gasteiger partial charge is 0.244 e. The molecule has 0 radical (unpaired) electrons. The molecule has 0 aliphatic carbocycles. The number of hydrogen-bond acceptors (Lipinski definition) is 6. The zero-order chi connectivity index (χ0) is 15.7. The molecule has 2 N–H and O–H groups in total. The Hall–Kier alpha value is -1.03. The van der Waals surface area contributed by atoms with Gasteiger partial charge in [-0.15, -0.1) is 0 Å². The average molecular weight is 333 g/mol. The van der Waals surface area contributed by atoms with E-state index in [-0.39, 0.29) is 9.92 Å². The first kappa shape index (κ1) is 16.3. The van der Waals surface area contributed by atoms with Gasteiger partial charge >= 0.3 is 0 Å². The minimum absolute atomic E-state index is 0.0149. The molecule has 0 amide bonds. The number of sulfonamides is 1. The lowest BCUT2D eigenvalue weighted by Crippen LogP contribution is -2.40. The molecule has 1 aromatic rings. The van der Waals surface area contributed by atoms with Crippen molar-refractivity contribution in [3.05, 3.63) is 18.3 Å². The molecule has 0 bridgehead atoms. The van der Waals surface area contributed by atoms with E-state index in [1.165, 1.54) is 16.4 Å². The molecule has 0 saturated carbocycles. The normalized spacial score (nSPS) is 18.8. The molecule has 1 aliphatic heterocycles. The fourth-order valence-electron chi connectivity index (χ4n) is 2.27. The highest BCUT2D eigenvalue weighted by atomic mass is 32.2. The van der Waals surface area contributed by atoms with Crippen LogP contribution in [0.1, 0.15) is 12.8 Å². The van der Waals surface area contributed by atoms with Gasteiger partial charge in [-0.2, -0.15) is 4.31 Å². The molecular weight excluding hydrogens is 314 g/mol. The molecule has 1 fully saturated rings. The van der Waals surface area contributed by atoms with E-state index < -0.39 is 19.9 Å². The Balaban J connectivity index is 2.21. The summed E-state index contributed by atoms with van der Waals surface area (Å²) in [6.07, 6.45) is 3.61. The number of nitrogens with two attached hydrogens (primary N) is 1. The summed E-state index contributed by atoms with van der Waals surface area (Å²) in [5.41, 5.74) is 5.59. The van der Waals surface area contributed by atoms with Gasteiger partial charge in [0.05, 0.1) is 0 Å². The van der Waals surface area contributed by atoms with Crippen LogP contribution in [0.5, 0.6) is 0 Å². The molecule has 7 nitrogen and oxygen atoms in total. The van der Waals surface area contributed by atoms with Gasteiger partial charge in [-0.1, -0.05) is 0 Å². The van der Waals surface area contributed by atoms with Crippen molar-refractivity contribution < 1.29 is 16.8 Å². The van der Waals surface area contributed by atoms with E-state index in [0.717, 1.165) is 25.3 Å². The number of rotatable bonds is 4. The van der Waals surface area contributed by atoms with Gasteiger partial charge in [0.25, 0.3) is 0 Å². The molecule has 21 heavy (non-hydrogen) atoms. The van der Waals surface area contributed by atoms with Gasteiger partial charge < -0.3 is 5.73 Å². The van der Waals surface area contributed by atoms with Crippen LogP contribution in [0, 0.1) is 5.92 Å². The molecule has 118 valence electrons. The average Bonchev–Trinajstić information content (AvgIpc) is 2.46. The van der Waals surface area contributed by atoms with Crippen molar-refractivity contribution in [1.82, 2.24) is 9.29 Å². The van der Waals surface area contributed by atoms with Crippen LogP contribution in [-0.4, -0.2) is 52.0 Å². The Labute approximate surface area is 125 Å². The number of aromatic nitrogens is 1. The number of sulfone groups is 1. The highest BCUT2D eigenvalue weighted by Crippen LogP contribution is 2.23. The Morgan fingerprint density at radius 2 is 1.86 bits per heavy atom. The lowest BCUT2D eigenvalue weighted by atomic mass is 9.99. The first-order chi connectivity index (χ1) is 9.75. The van der Waals surface area contributed by atoms with Crippen LogP contribution in [0.2, 0.25) is 0 Å². The van der Waals surface area contributed by atoms with Gasteiger partial charge in [0, 0.05) is 25.5 Å². The summed E-state index contributed by atoms with van der Waals surface area (Å²) >= 11 is 0. The van der Waals surface area contributed by atoms with E-state index in [2.05, 4.69) is 4.98 Å². The van der Waals surface area contributed by atoms with E-state index in [1.807, 2.05) is 0 Å². The van der Waals surface area contributed by atoms with E-state index in [4.69, 9.17) is 5.73 Å². The molecule has 1 aromatic heterocycles. The second-order valence-corrected chi connectivity index (χ2v) is 9.09. The molecule has 9 heteroatoms. The number of hydrogen-bond donors (Lipinski definition) is 1. The monoisotopic (exact) mass is 333 g/mol. The number of pyridine rings is 1. The second-order valence-electron chi connectivity index (χ2n) is 5.19. The first-order valence-corrected chi connectivity index (χ1v) is 9.94. The fourth-order valence-corrected chi connectivity index (χ4v) is 4.25. The van der Waals surface area contributed by atoms with Crippen molar-refractivity contribution in [3.8, 4) is 0 Å². The highest BCUT2D eigenvalue weighted by molar-refractivity contribution is 7.90. The maximum Gasteiger partial charge on any atom is 0.244 e. The third-order valence-corrected chi connectivity index (χ3v) is 6.52. The fraction of sp³-hybridized carbons (Fsp3) is 0.583.